The second-order valence-corrected chi connectivity index (χ2v) is 3.93. The largest absolute Gasteiger partial charge is 0.494 e. The molecule has 80 valence electrons. The van der Waals surface area contributed by atoms with Crippen LogP contribution in [0.2, 0.25) is 0 Å². The lowest BCUT2D eigenvalue weighted by Gasteiger charge is -2.13. The molecule has 0 fully saturated rings. The first-order valence-corrected chi connectivity index (χ1v) is 5.82. The van der Waals surface area contributed by atoms with E-state index >= 15 is 0 Å². The van der Waals surface area contributed by atoms with E-state index in [0.29, 0.717) is 0 Å². The Morgan fingerprint density at radius 2 is 1.93 bits per heavy atom. The van der Waals surface area contributed by atoms with Crippen molar-refractivity contribution in [2.75, 3.05) is 6.61 Å². The molecule has 0 atom stereocenters. The highest BCUT2D eigenvalue weighted by Gasteiger charge is 2.05. The fraction of sp³-hybridized carbons (Fsp3) is 0.429. The van der Waals surface area contributed by atoms with Crippen molar-refractivity contribution in [3.63, 3.8) is 0 Å². The lowest BCUT2D eigenvalue weighted by molar-refractivity contribution is 0.340. The maximum absolute atomic E-state index is 5.43. The number of allylic oxidation sites excluding steroid dienone is 2. The highest BCUT2D eigenvalue weighted by atomic mass is 16.5. The fourth-order valence-corrected chi connectivity index (χ4v) is 2.03. The Balaban J connectivity index is 2.12. The van der Waals surface area contributed by atoms with Crippen molar-refractivity contribution in [3.8, 4) is 5.75 Å². The van der Waals surface area contributed by atoms with Gasteiger partial charge in [0.25, 0.3) is 0 Å². The quantitative estimate of drug-likeness (QED) is 0.718. The van der Waals surface area contributed by atoms with Crippen LogP contribution in [0.3, 0.4) is 0 Å². The minimum atomic E-state index is 0.738. The lowest BCUT2D eigenvalue weighted by atomic mass is 9.94. The number of hydrogen-bond acceptors (Lipinski definition) is 1. The molecule has 0 N–H and O–H groups in total. The lowest BCUT2D eigenvalue weighted by Crippen LogP contribution is -1.93. The summed E-state index contributed by atoms with van der Waals surface area (Å²) in [6.07, 6.45) is 7.52. The number of benzene rings is 1. The van der Waals surface area contributed by atoms with Gasteiger partial charge in [-0.25, -0.2) is 0 Å². The molecule has 0 aromatic heterocycles. The van der Waals surface area contributed by atoms with E-state index in [1.54, 1.807) is 0 Å². The summed E-state index contributed by atoms with van der Waals surface area (Å²) in [5.74, 6) is 0.970. The molecule has 0 unspecified atom stereocenters. The Kier molecular flexibility index (Phi) is 3.44. The first kappa shape index (κ1) is 10.3. The summed E-state index contributed by atoms with van der Waals surface area (Å²) in [5, 5.41) is 0. The molecule has 0 aliphatic heterocycles. The van der Waals surface area contributed by atoms with Gasteiger partial charge in [-0.3, -0.25) is 0 Å². The molecule has 1 heteroatoms. The maximum Gasteiger partial charge on any atom is 0.119 e. The van der Waals surface area contributed by atoms with Gasteiger partial charge in [0.2, 0.25) is 0 Å². The Hall–Kier alpha value is -1.24. The second-order valence-electron chi connectivity index (χ2n) is 3.93. The minimum Gasteiger partial charge on any atom is -0.494 e. The van der Waals surface area contributed by atoms with Gasteiger partial charge in [0, 0.05) is 0 Å². The second kappa shape index (κ2) is 5.01. The van der Waals surface area contributed by atoms with E-state index < -0.39 is 0 Å². The van der Waals surface area contributed by atoms with Crippen LogP contribution >= 0.6 is 0 Å². The van der Waals surface area contributed by atoms with Gasteiger partial charge in [0.15, 0.2) is 0 Å². The summed E-state index contributed by atoms with van der Waals surface area (Å²) in [7, 11) is 0. The van der Waals surface area contributed by atoms with E-state index in [9.17, 15) is 0 Å². The zero-order valence-corrected chi connectivity index (χ0v) is 9.33. The van der Waals surface area contributed by atoms with Crippen LogP contribution in [0.5, 0.6) is 5.75 Å². The van der Waals surface area contributed by atoms with E-state index in [0.717, 1.165) is 12.4 Å². The standard InChI is InChI=1S/C14H18O/c1-2-15-14-10-8-13(9-11-14)12-6-4-3-5-7-12/h6,8-11H,2-5,7H2,1H3. The molecule has 0 amide bonds. The van der Waals surface area contributed by atoms with Gasteiger partial charge in [-0.2, -0.15) is 0 Å². The molecule has 1 aliphatic rings. The highest BCUT2D eigenvalue weighted by molar-refractivity contribution is 5.66. The van der Waals surface area contributed by atoms with E-state index in [4.69, 9.17) is 4.74 Å². The molecule has 0 spiro atoms. The number of rotatable bonds is 3. The third-order valence-electron chi connectivity index (χ3n) is 2.83. The zero-order valence-electron chi connectivity index (χ0n) is 9.33. The SMILES string of the molecule is CCOc1ccc(C2=CCCCC2)cc1. The summed E-state index contributed by atoms with van der Waals surface area (Å²) < 4.78 is 5.43. The molecule has 0 radical (unpaired) electrons. The van der Waals surface area contributed by atoms with Gasteiger partial charge in [-0.15, -0.1) is 0 Å². The summed E-state index contributed by atoms with van der Waals surface area (Å²) in [6, 6.07) is 8.47. The van der Waals surface area contributed by atoms with Crippen LogP contribution in [0, 0.1) is 0 Å². The topological polar surface area (TPSA) is 9.23 Å². The van der Waals surface area contributed by atoms with Crippen molar-refractivity contribution in [2.45, 2.75) is 32.6 Å². The van der Waals surface area contributed by atoms with Crippen molar-refractivity contribution >= 4 is 5.57 Å². The molecule has 0 heterocycles. The van der Waals surface area contributed by atoms with E-state index in [1.165, 1.54) is 36.8 Å². The van der Waals surface area contributed by atoms with Gasteiger partial charge in [-0.1, -0.05) is 18.2 Å². The molecule has 0 bridgehead atoms. The maximum atomic E-state index is 5.43. The molecule has 1 aromatic carbocycles. The van der Waals surface area contributed by atoms with Crippen LogP contribution in [0.25, 0.3) is 5.57 Å². The summed E-state index contributed by atoms with van der Waals surface area (Å²) in [4.78, 5) is 0. The Labute approximate surface area is 91.8 Å². The van der Waals surface area contributed by atoms with Crippen LogP contribution in [0.15, 0.2) is 30.3 Å². The molecule has 15 heavy (non-hydrogen) atoms. The van der Waals surface area contributed by atoms with E-state index in [-0.39, 0.29) is 0 Å². The molecular weight excluding hydrogens is 184 g/mol. The number of ether oxygens (including phenoxy) is 1. The Morgan fingerprint density at radius 3 is 2.53 bits per heavy atom. The smallest absolute Gasteiger partial charge is 0.119 e. The average Bonchev–Trinajstić information content (AvgIpc) is 2.32. The Bertz CT molecular complexity index is 335. The molecule has 1 nitrogen and oxygen atoms in total. The highest BCUT2D eigenvalue weighted by Crippen LogP contribution is 2.27. The fourth-order valence-electron chi connectivity index (χ4n) is 2.03. The predicted molar refractivity (Wildman–Crippen MR) is 64.1 cm³/mol. The average molecular weight is 202 g/mol. The van der Waals surface area contributed by atoms with Crippen LogP contribution in [-0.4, -0.2) is 6.61 Å². The monoisotopic (exact) mass is 202 g/mol. The number of hydrogen-bond donors (Lipinski definition) is 0. The molecule has 0 saturated carbocycles. The van der Waals surface area contributed by atoms with Gasteiger partial charge in [0.05, 0.1) is 6.61 Å². The van der Waals surface area contributed by atoms with E-state index in [2.05, 4.69) is 30.3 Å². The third kappa shape index (κ3) is 2.62. The third-order valence-corrected chi connectivity index (χ3v) is 2.83. The summed E-state index contributed by atoms with van der Waals surface area (Å²) in [6.45, 7) is 2.75. The molecule has 1 aromatic rings. The molecular formula is C14H18O. The van der Waals surface area contributed by atoms with Gasteiger partial charge in [-0.05, 0) is 55.9 Å². The first-order chi connectivity index (χ1) is 7.40. The molecule has 0 saturated heterocycles. The van der Waals surface area contributed by atoms with Crippen LogP contribution in [-0.2, 0) is 0 Å². The van der Waals surface area contributed by atoms with Crippen molar-refractivity contribution < 1.29 is 4.74 Å². The molecule has 2 rings (SSSR count). The van der Waals surface area contributed by atoms with Crippen LogP contribution < -0.4 is 4.74 Å². The van der Waals surface area contributed by atoms with Crippen LogP contribution in [0.4, 0.5) is 0 Å². The normalized spacial score (nSPS) is 15.9. The summed E-state index contributed by atoms with van der Waals surface area (Å²) in [5.41, 5.74) is 2.86. The van der Waals surface area contributed by atoms with Gasteiger partial charge in [0.1, 0.15) is 5.75 Å². The van der Waals surface area contributed by atoms with Crippen molar-refractivity contribution in [2.24, 2.45) is 0 Å². The van der Waals surface area contributed by atoms with Crippen molar-refractivity contribution in [3.05, 3.63) is 35.9 Å². The predicted octanol–water partition coefficient (Wildman–Crippen LogP) is 4.04. The minimum absolute atomic E-state index is 0.738. The first-order valence-electron chi connectivity index (χ1n) is 5.82. The van der Waals surface area contributed by atoms with E-state index in [1.807, 2.05) is 6.92 Å². The zero-order chi connectivity index (χ0) is 10.5. The van der Waals surface area contributed by atoms with Crippen molar-refractivity contribution in [1.29, 1.82) is 0 Å². The van der Waals surface area contributed by atoms with Gasteiger partial charge < -0.3 is 4.74 Å². The van der Waals surface area contributed by atoms with Gasteiger partial charge >= 0.3 is 0 Å². The Morgan fingerprint density at radius 1 is 1.13 bits per heavy atom. The molecule has 1 aliphatic carbocycles. The summed E-state index contributed by atoms with van der Waals surface area (Å²) >= 11 is 0. The van der Waals surface area contributed by atoms with Crippen molar-refractivity contribution in [1.82, 2.24) is 0 Å². The van der Waals surface area contributed by atoms with Crippen LogP contribution in [0.1, 0.15) is 38.2 Å².